The minimum absolute atomic E-state index is 0.0428. The lowest BCUT2D eigenvalue weighted by molar-refractivity contribution is -0.117. The first kappa shape index (κ1) is 16.9. The minimum atomic E-state index is -0.243. The van der Waals surface area contributed by atoms with E-state index in [0.29, 0.717) is 6.61 Å². The number of carbonyl (C=O) groups is 1. The first-order chi connectivity index (χ1) is 11.0. The highest BCUT2D eigenvalue weighted by atomic mass is 16.5. The Morgan fingerprint density at radius 3 is 2.43 bits per heavy atom. The summed E-state index contributed by atoms with van der Waals surface area (Å²) in [5.41, 5.74) is 2.73. The topological polar surface area (TPSA) is 47.6 Å². The normalized spacial score (nSPS) is 11.7. The molecule has 0 fully saturated rings. The lowest BCUT2D eigenvalue weighted by Gasteiger charge is -2.14. The fraction of sp³-hybridized carbons (Fsp3) is 0.316. The number of amides is 1. The van der Waals surface area contributed by atoms with Crippen LogP contribution in [0.5, 0.6) is 11.5 Å². The Bertz CT molecular complexity index is 665. The number of anilines is 1. The highest BCUT2D eigenvalue weighted by Gasteiger charge is 2.15. The molecule has 2 aromatic rings. The molecule has 0 aromatic heterocycles. The van der Waals surface area contributed by atoms with Crippen LogP contribution in [0.25, 0.3) is 0 Å². The van der Waals surface area contributed by atoms with Crippen molar-refractivity contribution in [1.29, 1.82) is 0 Å². The van der Waals surface area contributed by atoms with Crippen LogP contribution in [-0.2, 0) is 4.79 Å². The molecule has 0 bridgehead atoms. The monoisotopic (exact) mass is 313 g/mol. The van der Waals surface area contributed by atoms with Crippen LogP contribution in [-0.4, -0.2) is 19.6 Å². The van der Waals surface area contributed by atoms with Crippen LogP contribution in [0.15, 0.2) is 42.5 Å². The van der Waals surface area contributed by atoms with Crippen LogP contribution in [0.1, 0.15) is 30.9 Å². The number of hydrogen-bond donors (Lipinski definition) is 1. The van der Waals surface area contributed by atoms with E-state index in [2.05, 4.69) is 5.32 Å². The molecule has 0 saturated carbocycles. The summed E-state index contributed by atoms with van der Waals surface area (Å²) in [5, 5.41) is 2.95. The van der Waals surface area contributed by atoms with Crippen molar-refractivity contribution in [3.63, 3.8) is 0 Å². The Balaban J connectivity index is 2.06. The number of methoxy groups -OCH3 is 1. The van der Waals surface area contributed by atoms with Crippen molar-refractivity contribution < 1.29 is 14.3 Å². The van der Waals surface area contributed by atoms with E-state index in [0.717, 1.165) is 28.3 Å². The van der Waals surface area contributed by atoms with Gasteiger partial charge in [0.2, 0.25) is 5.91 Å². The van der Waals surface area contributed by atoms with E-state index >= 15 is 0 Å². The highest BCUT2D eigenvalue weighted by molar-refractivity contribution is 5.95. The molecule has 1 unspecified atom stereocenters. The number of hydrogen-bond acceptors (Lipinski definition) is 3. The molecule has 0 saturated heterocycles. The van der Waals surface area contributed by atoms with Gasteiger partial charge in [-0.05, 0) is 62.2 Å². The Morgan fingerprint density at radius 1 is 1.17 bits per heavy atom. The molecule has 0 spiro atoms. The summed E-state index contributed by atoms with van der Waals surface area (Å²) in [4.78, 5) is 12.4. The number of nitrogens with one attached hydrogen (secondary N) is 1. The minimum Gasteiger partial charge on any atom is -0.497 e. The molecule has 4 heteroatoms. The first-order valence-corrected chi connectivity index (χ1v) is 7.73. The van der Waals surface area contributed by atoms with Crippen molar-refractivity contribution in [2.75, 3.05) is 19.0 Å². The predicted molar refractivity (Wildman–Crippen MR) is 92.4 cm³/mol. The largest absolute Gasteiger partial charge is 0.497 e. The second-order valence-electron chi connectivity index (χ2n) is 5.40. The van der Waals surface area contributed by atoms with Gasteiger partial charge in [-0.3, -0.25) is 4.79 Å². The maximum absolute atomic E-state index is 12.4. The third-order valence-electron chi connectivity index (χ3n) is 3.75. The molecule has 4 nitrogen and oxygen atoms in total. The van der Waals surface area contributed by atoms with E-state index in [-0.39, 0.29) is 11.8 Å². The Labute approximate surface area is 137 Å². The van der Waals surface area contributed by atoms with Gasteiger partial charge in [-0.25, -0.2) is 0 Å². The zero-order valence-corrected chi connectivity index (χ0v) is 14.1. The zero-order chi connectivity index (χ0) is 16.8. The Hall–Kier alpha value is -2.49. The summed E-state index contributed by atoms with van der Waals surface area (Å²) in [6.45, 7) is 6.43. The fourth-order valence-corrected chi connectivity index (χ4v) is 2.34. The van der Waals surface area contributed by atoms with Gasteiger partial charge < -0.3 is 14.8 Å². The van der Waals surface area contributed by atoms with E-state index in [1.54, 1.807) is 7.11 Å². The van der Waals surface area contributed by atoms with E-state index < -0.39 is 0 Å². The Morgan fingerprint density at radius 2 is 1.87 bits per heavy atom. The second kappa shape index (κ2) is 7.68. The van der Waals surface area contributed by atoms with Gasteiger partial charge in [-0.1, -0.05) is 12.1 Å². The van der Waals surface area contributed by atoms with E-state index in [4.69, 9.17) is 9.47 Å². The van der Waals surface area contributed by atoms with Gasteiger partial charge in [0.25, 0.3) is 0 Å². The van der Waals surface area contributed by atoms with Gasteiger partial charge in [0.05, 0.1) is 19.6 Å². The SMILES string of the molecule is CCOc1ccc(NC(=O)C(C)c2ccc(OC)cc2)cc1C. The summed E-state index contributed by atoms with van der Waals surface area (Å²) >= 11 is 0. The molecular weight excluding hydrogens is 290 g/mol. The summed E-state index contributed by atoms with van der Waals surface area (Å²) in [7, 11) is 1.62. The third kappa shape index (κ3) is 4.25. The summed E-state index contributed by atoms with van der Waals surface area (Å²) in [6, 6.07) is 13.2. The van der Waals surface area contributed by atoms with Crippen molar-refractivity contribution >= 4 is 11.6 Å². The van der Waals surface area contributed by atoms with Crippen LogP contribution < -0.4 is 14.8 Å². The molecule has 2 rings (SSSR count). The molecule has 0 aliphatic heterocycles. The van der Waals surface area contributed by atoms with Crippen molar-refractivity contribution in [3.05, 3.63) is 53.6 Å². The van der Waals surface area contributed by atoms with E-state index in [1.807, 2.05) is 63.2 Å². The molecule has 23 heavy (non-hydrogen) atoms. The number of ether oxygens (including phenoxy) is 2. The molecule has 0 aliphatic rings. The lowest BCUT2D eigenvalue weighted by Crippen LogP contribution is -2.18. The number of aryl methyl sites for hydroxylation is 1. The first-order valence-electron chi connectivity index (χ1n) is 7.73. The van der Waals surface area contributed by atoms with Crippen LogP contribution >= 0.6 is 0 Å². The van der Waals surface area contributed by atoms with Crippen molar-refractivity contribution in [2.45, 2.75) is 26.7 Å². The standard InChI is InChI=1S/C19H23NO3/c1-5-23-18-11-8-16(12-13(18)2)20-19(21)14(3)15-6-9-17(22-4)10-7-15/h6-12,14H,5H2,1-4H3,(H,20,21). The van der Waals surface area contributed by atoms with Crippen molar-refractivity contribution in [3.8, 4) is 11.5 Å². The van der Waals surface area contributed by atoms with E-state index in [9.17, 15) is 4.79 Å². The third-order valence-corrected chi connectivity index (χ3v) is 3.75. The average molecular weight is 313 g/mol. The molecule has 122 valence electrons. The summed E-state index contributed by atoms with van der Waals surface area (Å²) in [6.07, 6.45) is 0. The quantitative estimate of drug-likeness (QED) is 0.871. The average Bonchev–Trinajstić information content (AvgIpc) is 2.57. The highest BCUT2D eigenvalue weighted by Crippen LogP contribution is 2.24. The van der Waals surface area contributed by atoms with Crippen LogP contribution in [0, 0.1) is 6.92 Å². The predicted octanol–water partition coefficient (Wildman–Crippen LogP) is 4.14. The molecule has 1 N–H and O–H groups in total. The lowest BCUT2D eigenvalue weighted by atomic mass is 10.00. The van der Waals surface area contributed by atoms with E-state index in [1.165, 1.54) is 0 Å². The molecule has 0 aliphatic carbocycles. The maximum Gasteiger partial charge on any atom is 0.231 e. The Kier molecular flexibility index (Phi) is 5.63. The maximum atomic E-state index is 12.4. The summed E-state index contributed by atoms with van der Waals surface area (Å²) < 4.78 is 10.6. The van der Waals surface area contributed by atoms with Crippen molar-refractivity contribution in [2.24, 2.45) is 0 Å². The second-order valence-corrected chi connectivity index (χ2v) is 5.40. The van der Waals surface area contributed by atoms with Crippen molar-refractivity contribution in [1.82, 2.24) is 0 Å². The van der Waals surface area contributed by atoms with Gasteiger partial charge in [-0.2, -0.15) is 0 Å². The molecule has 0 heterocycles. The van der Waals surface area contributed by atoms with Gasteiger partial charge in [0, 0.05) is 5.69 Å². The molecule has 2 aromatic carbocycles. The zero-order valence-electron chi connectivity index (χ0n) is 14.1. The van der Waals surface area contributed by atoms with Gasteiger partial charge in [0.1, 0.15) is 11.5 Å². The molecule has 1 amide bonds. The molecule has 1 atom stereocenters. The van der Waals surface area contributed by atoms with Gasteiger partial charge in [-0.15, -0.1) is 0 Å². The van der Waals surface area contributed by atoms with Crippen LogP contribution in [0.3, 0.4) is 0 Å². The summed E-state index contributed by atoms with van der Waals surface area (Å²) in [5.74, 6) is 1.34. The van der Waals surface area contributed by atoms with Gasteiger partial charge in [0.15, 0.2) is 0 Å². The fourth-order valence-electron chi connectivity index (χ4n) is 2.34. The van der Waals surface area contributed by atoms with Crippen LogP contribution in [0.2, 0.25) is 0 Å². The van der Waals surface area contributed by atoms with Gasteiger partial charge >= 0.3 is 0 Å². The number of rotatable bonds is 6. The molecular formula is C19H23NO3. The number of carbonyl (C=O) groups excluding carboxylic acids is 1. The number of benzene rings is 2. The smallest absolute Gasteiger partial charge is 0.231 e. The molecule has 0 radical (unpaired) electrons. The van der Waals surface area contributed by atoms with Crippen LogP contribution in [0.4, 0.5) is 5.69 Å².